The van der Waals surface area contributed by atoms with Gasteiger partial charge in [0.15, 0.2) is 0 Å². The van der Waals surface area contributed by atoms with Crippen LogP contribution in [-0.2, 0) is 17.7 Å². The van der Waals surface area contributed by atoms with E-state index in [1.165, 1.54) is 34.0 Å². The molecular weight excluding hydrogens is 226 g/mol. The molecule has 0 unspecified atom stereocenters. The molecule has 0 fully saturated rings. The first kappa shape index (κ1) is 11.4. The van der Waals surface area contributed by atoms with E-state index in [2.05, 4.69) is 0 Å². The topological polar surface area (TPSA) is 38.8 Å². The van der Waals surface area contributed by atoms with Gasteiger partial charge in [0.2, 0.25) is 0 Å². The lowest BCUT2D eigenvalue weighted by Gasteiger charge is -2.13. The van der Waals surface area contributed by atoms with Gasteiger partial charge in [0, 0.05) is 17.5 Å². The molecule has 5 heteroatoms. The number of carbonyl (C=O) groups is 1. The van der Waals surface area contributed by atoms with Gasteiger partial charge in [-0.15, -0.1) is 11.3 Å². The van der Waals surface area contributed by atoms with Crippen LogP contribution < -0.4 is 4.74 Å². The molecule has 0 spiro atoms. The maximum absolute atomic E-state index is 12.0. The Morgan fingerprint density at radius 3 is 2.75 bits per heavy atom. The second-order valence-corrected chi connectivity index (χ2v) is 4.81. The summed E-state index contributed by atoms with van der Waals surface area (Å²) in [5.74, 6) is 0.602. The molecule has 0 saturated heterocycles. The highest BCUT2D eigenvalue weighted by atomic mass is 32.1. The highest BCUT2D eigenvalue weighted by molar-refractivity contribution is 7.14. The molecular formula is C11H15NO3S. The fourth-order valence-electron chi connectivity index (χ4n) is 1.96. The van der Waals surface area contributed by atoms with Crippen LogP contribution in [0, 0.1) is 0 Å². The number of thiophene rings is 1. The molecule has 4 nitrogen and oxygen atoms in total. The van der Waals surface area contributed by atoms with Crippen LogP contribution in [0.3, 0.4) is 0 Å². The van der Waals surface area contributed by atoms with Crippen LogP contribution in [0.25, 0.3) is 0 Å². The van der Waals surface area contributed by atoms with E-state index in [-0.39, 0.29) is 5.91 Å². The number of hydrogen-bond acceptors (Lipinski definition) is 4. The summed E-state index contributed by atoms with van der Waals surface area (Å²) < 4.78 is 5.35. The monoisotopic (exact) mass is 241 g/mol. The summed E-state index contributed by atoms with van der Waals surface area (Å²) in [6.07, 6.45) is 3.23. The van der Waals surface area contributed by atoms with Gasteiger partial charge < -0.3 is 4.74 Å². The summed E-state index contributed by atoms with van der Waals surface area (Å²) in [4.78, 5) is 18.8. The fraction of sp³-hybridized carbons (Fsp3) is 0.545. The lowest BCUT2D eigenvalue weighted by atomic mass is 10.2. The predicted molar refractivity (Wildman–Crippen MR) is 62.0 cm³/mol. The van der Waals surface area contributed by atoms with E-state index >= 15 is 0 Å². The summed E-state index contributed by atoms with van der Waals surface area (Å²) in [7, 11) is 4.70. The summed E-state index contributed by atoms with van der Waals surface area (Å²) in [6, 6.07) is 0. The number of ether oxygens (including phenoxy) is 1. The number of rotatable bonds is 3. The molecule has 1 amide bonds. The van der Waals surface area contributed by atoms with E-state index in [9.17, 15) is 4.79 Å². The van der Waals surface area contributed by atoms with E-state index in [4.69, 9.17) is 9.57 Å². The Hall–Kier alpha value is -1.07. The van der Waals surface area contributed by atoms with Gasteiger partial charge in [0.05, 0.1) is 14.2 Å². The van der Waals surface area contributed by atoms with Crippen LogP contribution in [-0.4, -0.2) is 32.2 Å². The normalized spacial score (nSPS) is 13.7. The molecule has 1 heterocycles. The zero-order valence-corrected chi connectivity index (χ0v) is 10.5. The van der Waals surface area contributed by atoms with E-state index in [0.29, 0.717) is 4.88 Å². The van der Waals surface area contributed by atoms with Crippen molar-refractivity contribution in [2.24, 2.45) is 0 Å². The van der Waals surface area contributed by atoms with Crippen LogP contribution in [0.2, 0.25) is 0 Å². The molecule has 0 aromatic carbocycles. The summed E-state index contributed by atoms with van der Waals surface area (Å²) >= 11 is 1.53. The molecule has 0 N–H and O–H groups in total. The van der Waals surface area contributed by atoms with Gasteiger partial charge in [-0.05, 0) is 19.3 Å². The number of hydrogen-bond donors (Lipinski definition) is 0. The minimum Gasteiger partial charge on any atom is -0.495 e. The number of carbonyl (C=O) groups excluding carboxylic acids is 1. The molecule has 1 aliphatic carbocycles. The Morgan fingerprint density at radius 1 is 1.38 bits per heavy atom. The minimum atomic E-state index is -0.140. The maximum atomic E-state index is 12.0. The van der Waals surface area contributed by atoms with Gasteiger partial charge in [0.1, 0.15) is 10.6 Å². The van der Waals surface area contributed by atoms with Crippen LogP contribution in [0.1, 0.15) is 26.5 Å². The Bertz CT molecular complexity index is 414. The number of aryl methyl sites for hydroxylation is 1. The van der Waals surface area contributed by atoms with Crippen LogP contribution in [0.4, 0.5) is 0 Å². The number of methoxy groups -OCH3 is 1. The molecule has 1 aromatic rings. The number of fused-ring (bicyclic) bond motifs is 1. The van der Waals surface area contributed by atoms with E-state index in [1.54, 1.807) is 14.2 Å². The Morgan fingerprint density at radius 2 is 2.12 bits per heavy atom. The van der Waals surface area contributed by atoms with Crippen LogP contribution >= 0.6 is 11.3 Å². The maximum Gasteiger partial charge on any atom is 0.291 e. The van der Waals surface area contributed by atoms with Gasteiger partial charge >= 0.3 is 0 Å². The highest BCUT2D eigenvalue weighted by Crippen LogP contribution is 2.41. The number of amides is 1. The van der Waals surface area contributed by atoms with Crippen molar-refractivity contribution < 1.29 is 14.4 Å². The summed E-state index contributed by atoms with van der Waals surface area (Å²) in [5.41, 5.74) is 1.21. The van der Waals surface area contributed by atoms with Crippen molar-refractivity contribution >= 4 is 17.2 Å². The van der Waals surface area contributed by atoms with Crippen molar-refractivity contribution in [3.8, 4) is 5.75 Å². The smallest absolute Gasteiger partial charge is 0.291 e. The highest BCUT2D eigenvalue weighted by Gasteiger charge is 2.28. The summed E-state index contributed by atoms with van der Waals surface area (Å²) in [6.45, 7) is 0. The van der Waals surface area contributed by atoms with Gasteiger partial charge in [-0.3, -0.25) is 9.63 Å². The Labute approximate surface area is 98.7 Å². The average molecular weight is 241 g/mol. The third-order valence-corrected chi connectivity index (χ3v) is 4.09. The zero-order chi connectivity index (χ0) is 11.7. The van der Waals surface area contributed by atoms with Crippen LogP contribution in [0.5, 0.6) is 5.75 Å². The predicted octanol–water partition coefficient (Wildman–Crippen LogP) is 1.88. The molecule has 1 aliphatic rings. The van der Waals surface area contributed by atoms with Gasteiger partial charge in [-0.1, -0.05) is 0 Å². The second-order valence-electron chi connectivity index (χ2n) is 3.70. The third-order valence-electron chi connectivity index (χ3n) is 2.83. The quantitative estimate of drug-likeness (QED) is 0.758. The van der Waals surface area contributed by atoms with Crippen molar-refractivity contribution in [3.05, 3.63) is 15.3 Å². The largest absolute Gasteiger partial charge is 0.495 e. The second kappa shape index (κ2) is 4.43. The molecule has 0 aliphatic heterocycles. The molecule has 0 bridgehead atoms. The molecule has 88 valence electrons. The Balaban J connectivity index is 2.38. The molecule has 0 saturated carbocycles. The van der Waals surface area contributed by atoms with Gasteiger partial charge in [-0.25, -0.2) is 5.06 Å². The first-order valence-electron chi connectivity index (χ1n) is 5.19. The van der Waals surface area contributed by atoms with Crippen molar-refractivity contribution in [2.75, 3.05) is 21.3 Å². The van der Waals surface area contributed by atoms with E-state index in [0.717, 1.165) is 25.0 Å². The Kier molecular flexibility index (Phi) is 3.16. The van der Waals surface area contributed by atoms with Gasteiger partial charge in [0.25, 0.3) is 5.91 Å². The zero-order valence-electron chi connectivity index (χ0n) is 9.70. The molecule has 0 radical (unpaired) electrons. The molecule has 16 heavy (non-hydrogen) atoms. The third kappa shape index (κ3) is 1.70. The van der Waals surface area contributed by atoms with Crippen molar-refractivity contribution in [3.63, 3.8) is 0 Å². The summed E-state index contributed by atoms with van der Waals surface area (Å²) in [5, 5.41) is 1.23. The molecule has 2 rings (SSSR count). The van der Waals surface area contributed by atoms with Crippen molar-refractivity contribution in [1.29, 1.82) is 0 Å². The standard InChI is InChI=1S/C11H15NO3S/c1-12(15-3)11(13)10-9(14-2)7-5-4-6-8(7)16-10/h4-6H2,1-3H3. The van der Waals surface area contributed by atoms with Gasteiger partial charge in [-0.2, -0.15) is 0 Å². The van der Waals surface area contributed by atoms with E-state index in [1.807, 2.05) is 0 Å². The van der Waals surface area contributed by atoms with Crippen LogP contribution in [0.15, 0.2) is 0 Å². The lowest BCUT2D eigenvalue weighted by molar-refractivity contribution is -0.0755. The van der Waals surface area contributed by atoms with E-state index < -0.39 is 0 Å². The average Bonchev–Trinajstić information content (AvgIpc) is 2.86. The first-order valence-corrected chi connectivity index (χ1v) is 6.01. The lowest BCUT2D eigenvalue weighted by Crippen LogP contribution is -2.24. The molecule has 1 aromatic heterocycles. The number of hydroxylamine groups is 2. The van der Waals surface area contributed by atoms with Crippen molar-refractivity contribution in [2.45, 2.75) is 19.3 Å². The minimum absolute atomic E-state index is 0.140. The van der Waals surface area contributed by atoms with Crippen molar-refractivity contribution in [1.82, 2.24) is 5.06 Å². The fourth-order valence-corrected chi connectivity index (χ4v) is 3.28. The number of nitrogens with zero attached hydrogens (tertiary/aromatic N) is 1. The molecule has 0 atom stereocenters. The first-order chi connectivity index (χ1) is 7.69. The SMILES string of the molecule is COc1c(C(=O)N(C)OC)sc2c1CCC2.